The normalized spacial score (nSPS) is 17.4. The molecule has 0 unspecified atom stereocenters. The largest absolute Gasteiger partial charge is 0.494 e. The van der Waals surface area contributed by atoms with E-state index >= 15 is 0 Å². The molecule has 1 fully saturated rings. The number of ether oxygens (including phenoxy) is 1. The van der Waals surface area contributed by atoms with Crippen molar-refractivity contribution < 1.29 is 13.2 Å². The minimum absolute atomic E-state index is 0.169. The number of hydrogen-bond donors (Lipinski definition) is 0. The van der Waals surface area contributed by atoms with Crippen LogP contribution in [0.15, 0.2) is 41.4 Å². The van der Waals surface area contributed by atoms with Gasteiger partial charge in [0, 0.05) is 17.9 Å². The SMILES string of the molecule is CCCS(=O)(=O)CCCOc1ccc2c(c1)C(C1(c3cccc(Cl)n3)CCC1)=NCC2. The lowest BCUT2D eigenvalue weighted by molar-refractivity contribution is 0.316. The summed E-state index contributed by atoms with van der Waals surface area (Å²) in [5.74, 6) is 1.17. The fourth-order valence-electron chi connectivity index (χ4n) is 4.57. The van der Waals surface area contributed by atoms with Gasteiger partial charge in [-0.3, -0.25) is 4.99 Å². The van der Waals surface area contributed by atoms with Crippen LogP contribution in [0.2, 0.25) is 5.15 Å². The number of sulfone groups is 1. The molecule has 166 valence electrons. The van der Waals surface area contributed by atoms with Gasteiger partial charge in [-0.15, -0.1) is 0 Å². The fraction of sp³-hybridized carbons (Fsp3) is 0.500. The van der Waals surface area contributed by atoms with Crippen molar-refractivity contribution in [2.75, 3.05) is 24.7 Å². The topological polar surface area (TPSA) is 68.6 Å². The van der Waals surface area contributed by atoms with E-state index in [1.165, 1.54) is 5.56 Å². The maximum absolute atomic E-state index is 11.9. The molecule has 0 saturated heterocycles. The minimum Gasteiger partial charge on any atom is -0.494 e. The highest BCUT2D eigenvalue weighted by molar-refractivity contribution is 7.91. The second-order valence-electron chi connectivity index (χ2n) is 8.43. The molecule has 7 heteroatoms. The first-order valence-corrected chi connectivity index (χ1v) is 13.3. The average Bonchev–Trinajstić information content (AvgIpc) is 2.71. The first kappa shape index (κ1) is 22.3. The van der Waals surface area contributed by atoms with Crippen molar-refractivity contribution in [3.8, 4) is 5.75 Å². The summed E-state index contributed by atoms with van der Waals surface area (Å²) >= 11 is 6.21. The predicted molar refractivity (Wildman–Crippen MR) is 125 cm³/mol. The zero-order valence-corrected chi connectivity index (χ0v) is 19.5. The molecule has 0 amide bonds. The smallest absolute Gasteiger partial charge is 0.150 e. The summed E-state index contributed by atoms with van der Waals surface area (Å²) in [6.07, 6.45) is 5.23. The minimum atomic E-state index is -2.98. The molecule has 1 aliphatic carbocycles. The highest BCUT2D eigenvalue weighted by atomic mass is 35.5. The van der Waals surface area contributed by atoms with Crippen LogP contribution in [0.5, 0.6) is 5.75 Å². The van der Waals surface area contributed by atoms with Gasteiger partial charge in [-0.2, -0.15) is 0 Å². The Bertz CT molecular complexity index is 1080. The van der Waals surface area contributed by atoms with Gasteiger partial charge in [-0.1, -0.05) is 37.1 Å². The number of fused-ring (bicyclic) bond motifs is 1. The van der Waals surface area contributed by atoms with E-state index in [1.54, 1.807) is 6.07 Å². The third-order valence-corrected chi connectivity index (χ3v) is 8.39. The van der Waals surface area contributed by atoms with E-state index in [9.17, 15) is 8.42 Å². The highest BCUT2D eigenvalue weighted by Crippen LogP contribution is 2.47. The third-order valence-electron chi connectivity index (χ3n) is 6.24. The average molecular weight is 461 g/mol. The molecule has 1 aromatic heterocycles. The number of rotatable bonds is 9. The van der Waals surface area contributed by atoms with Crippen molar-refractivity contribution in [3.05, 3.63) is 58.4 Å². The van der Waals surface area contributed by atoms with Gasteiger partial charge in [0.1, 0.15) is 20.7 Å². The van der Waals surface area contributed by atoms with Gasteiger partial charge in [0.2, 0.25) is 0 Å². The van der Waals surface area contributed by atoms with Crippen molar-refractivity contribution in [1.29, 1.82) is 0 Å². The lowest BCUT2D eigenvalue weighted by Gasteiger charge is -2.44. The van der Waals surface area contributed by atoms with Crippen LogP contribution in [0.3, 0.4) is 0 Å². The van der Waals surface area contributed by atoms with Crippen molar-refractivity contribution >= 4 is 27.1 Å². The second-order valence-corrected chi connectivity index (χ2v) is 11.1. The van der Waals surface area contributed by atoms with E-state index in [4.69, 9.17) is 21.3 Å². The first-order chi connectivity index (χ1) is 14.9. The summed E-state index contributed by atoms with van der Waals surface area (Å²) in [5.41, 5.74) is 4.29. The van der Waals surface area contributed by atoms with Gasteiger partial charge >= 0.3 is 0 Å². The second kappa shape index (κ2) is 9.29. The summed E-state index contributed by atoms with van der Waals surface area (Å²) in [5, 5.41) is 0.510. The summed E-state index contributed by atoms with van der Waals surface area (Å²) in [4.78, 5) is 9.59. The summed E-state index contributed by atoms with van der Waals surface area (Å²) < 4.78 is 29.7. The molecule has 0 spiro atoms. The van der Waals surface area contributed by atoms with Crippen molar-refractivity contribution in [2.45, 2.75) is 50.9 Å². The standard InChI is InChI=1S/C24H29ClN2O3S/c1-2-15-31(28,29)16-5-14-30-19-9-8-18-10-13-26-23(20(18)17-19)24(11-4-12-24)21-6-3-7-22(25)27-21/h3,6-9,17H,2,4-5,10-16H2,1H3. The van der Waals surface area contributed by atoms with Crippen LogP contribution >= 0.6 is 11.6 Å². The van der Waals surface area contributed by atoms with Gasteiger partial charge in [-0.25, -0.2) is 13.4 Å². The molecule has 1 saturated carbocycles. The lowest BCUT2D eigenvalue weighted by atomic mass is 9.61. The van der Waals surface area contributed by atoms with Crippen LogP contribution in [0.4, 0.5) is 0 Å². The van der Waals surface area contributed by atoms with Crippen LogP contribution in [-0.4, -0.2) is 43.8 Å². The third kappa shape index (κ3) is 4.80. The predicted octanol–water partition coefficient (Wildman–Crippen LogP) is 4.80. The van der Waals surface area contributed by atoms with Gasteiger partial charge in [0.15, 0.2) is 0 Å². The number of benzene rings is 1. The zero-order chi connectivity index (χ0) is 21.9. The number of halogens is 1. The number of aliphatic imine (C=N–C) groups is 1. The molecule has 0 radical (unpaired) electrons. The van der Waals surface area contributed by atoms with Crippen LogP contribution in [0.1, 0.15) is 55.8 Å². The Hall–Kier alpha value is -1.92. The molecule has 1 aliphatic heterocycles. The number of aromatic nitrogens is 1. The van der Waals surface area contributed by atoms with Crippen molar-refractivity contribution in [2.24, 2.45) is 4.99 Å². The lowest BCUT2D eigenvalue weighted by Crippen LogP contribution is -2.45. The van der Waals surface area contributed by atoms with Crippen molar-refractivity contribution in [1.82, 2.24) is 4.98 Å². The van der Waals surface area contributed by atoms with Gasteiger partial charge in [0.25, 0.3) is 0 Å². The monoisotopic (exact) mass is 460 g/mol. The Kier molecular flexibility index (Phi) is 6.68. The molecular weight excluding hydrogens is 432 g/mol. The van der Waals surface area contributed by atoms with Gasteiger partial charge in [-0.05, 0) is 61.9 Å². The Morgan fingerprint density at radius 2 is 2.00 bits per heavy atom. The van der Waals surface area contributed by atoms with Crippen LogP contribution in [0.25, 0.3) is 0 Å². The molecular formula is C24H29ClN2O3S. The van der Waals surface area contributed by atoms with Gasteiger partial charge < -0.3 is 4.74 Å². The molecule has 2 aromatic rings. The quantitative estimate of drug-likeness (QED) is 0.398. The van der Waals surface area contributed by atoms with Crippen LogP contribution < -0.4 is 4.74 Å². The number of hydrogen-bond acceptors (Lipinski definition) is 5. The fourth-order valence-corrected chi connectivity index (χ4v) is 6.12. The van der Waals surface area contributed by atoms with Crippen molar-refractivity contribution in [3.63, 3.8) is 0 Å². The maximum atomic E-state index is 11.9. The first-order valence-electron chi connectivity index (χ1n) is 11.1. The van der Waals surface area contributed by atoms with Crippen LogP contribution in [0, 0.1) is 0 Å². The molecule has 0 atom stereocenters. The van der Waals surface area contributed by atoms with E-state index in [-0.39, 0.29) is 16.9 Å². The summed E-state index contributed by atoms with van der Waals surface area (Å²) in [7, 11) is -2.98. The molecule has 0 bridgehead atoms. The van der Waals surface area contributed by atoms with Gasteiger partial charge in [0.05, 0.1) is 29.2 Å². The van der Waals surface area contributed by atoms with E-state index in [2.05, 4.69) is 23.2 Å². The molecule has 4 rings (SSSR count). The molecule has 0 N–H and O–H groups in total. The molecule has 2 aliphatic rings. The van der Waals surface area contributed by atoms with Crippen LogP contribution in [-0.2, 0) is 21.7 Å². The van der Waals surface area contributed by atoms with E-state index < -0.39 is 9.84 Å². The van der Waals surface area contributed by atoms with E-state index in [0.29, 0.717) is 24.6 Å². The Morgan fingerprint density at radius 3 is 2.71 bits per heavy atom. The molecule has 31 heavy (non-hydrogen) atoms. The Balaban J connectivity index is 1.53. The molecule has 2 heterocycles. The highest BCUT2D eigenvalue weighted by Gasteiger charge is 2.46. The Labute approximate surface area is 189 Å². The maximum Gasteiger partial charge on any atom is 0.150 e. The molecule has 5 nitrogen and oxygen atoms in total. The summed E-state index contributed by atoms with van der Waals surface area (Å²) in [6, 6.07) is 12.0. The number of pyridine rings is 1. The summed E-state index contributed by atoms with van der Waals surface area (Å²) in [6.45, 7) is 3.05. The Morgan fingerprint density at radius 1 is 1.16 bits per heavy atom. The van der Waals surface area contributed by atoms with E-state index in [1.807, 2.05) is 19.1 Å². The van der Waals surface area contributed by atoms with E-state index in [0.717, 1.165) is 54.9 Å². The number of nitrogens with zero attached hydrogens (tertiary/aromatic N) is 2. The zero-order valence-electron chi connectivity index (χ0n) is 17.9. The molecule has 1 aromatic carbocycles.